The molecule has 0 amide bonds. The molecule has 2 aromatic rings. The van der Waals surface area contributed by atoms with Gasteiger partial charge in [-0.05, 0) is 19.1 Å². The van der Waals surface area contributed by atoms with Crippen molar-refractivity contribution in [3.8, 4) is 11.5 Å². The maximum absolute atomic E-state index is 5.60. The van der Waals surface area contributed by atoms with Crippen LogP contribution >= 0.6 is 11.3 Å². The van der Waals surface area contributed by atoms with E-state index in [1.54, 1.807) is 0 Å². The molecule has 0 bridgehead atoms. The summed E-state index contributed by atoms with van der Waals surface area (Å²) in [6, 6.07) is 7.48. The van der Waals surface area contributed by atoms with Gasteiger partial charge in [-0.1, -0.05) is 17.4 Å². The standard InChI is InChI=1S/C11H14N4O2S/c1-2-16-8-4-3-5-9(6-8)17-7-10-14-15-11(13-12)18-10/h3-6H,2,7,12H2,1H3,(H,13,15). The van der Waals surface area contributed by atoms with E-state index < -0.39 is 0 Å². The van der Waals surface area contributed by atoms with Crippen LogP contribution in [0.3, 0.4) is 0 Å². The first kappa shape index (κ1) is 12.6. The average molecular weight is 266 g/mol. The van der Waals surface area contributed by atoms with E-state index in [1.165, 1.54) is 11.3 Å². The Morgan fingerprint density at radius 3 is 2.72 bits per heavy atom. The number of hydrogen-bond acceptors (Lipinski definition) is 7. The third-order valence-electron chi connectivity index (χ3n) is 2.07. The number of hydrogen-bond donors (Lipinski definition) is 2. The lowest BCUT2D eigenvalue weighted by Crippen LogP contribution is -2.05. The van der Waals surface area contributed by atoms with E-state index in [2.05, 4.69) is 15.6 Å². The second kappa shape index (κ2) is 6.18. The fraction of sp³-hybridized carbons (Fsp3) is 0.273. The van der Waals surface area contributed by atoms with Crippen molar-refractivity contribution in [2.75, 3.05) is 12.0 Å². The highest BCUT2D eigenvalue weighted by atomic mass is 32.1. The molecule has 0 aliphatic rings. The van der Waals surface area contributed by atoms with Crippen molar-refractivity contribution in [3.05, 3.63) is 29.3 Å². The van der Waals surface area contributed by atoms with Crippen LogP contribution < -0.4 is 20.7 Å². The first-order chi connectivity index (χ1) is 8.81. The Bertz CT molecular complexity index is 503. The molecule has 0 unspecified atom stereocenters. The van der Waals surface area contributed by atoms with Gasteiger partial charge in [-0.15, -0.1) is 10.2 Å². The Hall–Kier alpha value is -1.86. The van der Waals surface area contributed by atoms with Crippen LogP contribution in [0.5, 0.6) is 11.5 Å². The lowest BCUT2D eigenvalue weighted by Gasteiger charge is -2.06. The molecule has 0 saturated carbocycles. The summed E-state index contributed by atoms with van der Waals surface area (Å²) in [5, 5.41) is 9.07. The van der Waals surface area contributed by atoms with Crippen molar-refractivity contribution in [3.63, 3.8) is 0 Å². The molecule has 2 rings (SSSR count). The van der Waals surface area contributed by atoms with Crippen LogP contribution in [0, 0.1) is 0 Å². The zero-order valence-corrected chi connectivity index (χ0v) is 10.7. The first-order valence-electron chi connectivity index (χ1n) is 5.46. The van der Waals surface area contributed by atoms with Gasteiger partial charge in [-0.25, -0.2) is 5.84 Å². The summed E-state index contributed by atoms with van der Waals surface area (Å²) in [5.74, 6) is 6.75. The number of nitrogens with zero attached hydrogens (tertiary/aromatic N) is 2. The normalized spacial score (nSPS) is 10.1. The molecule has 3 N–H and O–H groups in total. The minimum Gasteiger partial charge on any atom is -0.494 e. The number of rotatable bonds is 6. The summed E-state index contributed by atoms with van der Waals surface area (Å²) in [6.07, 6.45) is 0. The molecule has 1 heterocycles. The molecule has 0 radical (unpaired) electrons. The van der Waals surface area contributed by atoms with Crippen molar-refractivity contribution in [1.29, 1.82) is 0 Å². The van der Waals surface area contributed by atoms with E-state index in [-0.39, 0.29) is 0 Å². The molecule has 0 spiro atoms. The lowest BCUT2D eigenvalue weighted by atomic mass is 10.3. The van der Waals surface area contributed by atoms with E-state index in [0.29, 0.717) is 18.3 Å². The van der Waals surface area contributed by atoms with Gasteiger partial charge < -0.3 is 9.47 Å². The number of anilines is 1. The predicted molar refractivity (Wildman–Crippen MR) is 69.7 cm³/mol. The third kappa shape index (κ3) is 3.31. The number of aromatic nitrogens is 2. The van der Waals surface area contributed by atoms with Gasteiger partial charge in [0.2, 0.25) is 5.13 Å². The fourth-order valence-electron chi connectivity index (χ4n) is 1.34. The minimum atomic E-state index is 0.356. The third-order valence-corrected chi connectivity index (χ3v) is 2.90. The van der Waals surface area contributed by atoms with Gasteiger partial charge >= 0.3 is 0 Å². The highest BCUT2D eigenvalue weighted by Crippen LogP contribution is 2.21. The van der Waals surface area contributed by atoms with Crippen LogP contribution in [-0.4, -0.2) is 16.8 Å². The van der Waals surface area contributed by atoms with Crippen LogP contribution in [0.2, 0.25) is 0 Å². The maximum Gasteiger partial charge on any atom is 0.219 e. The van der Waals surface area contributed by atoms with Gasteiger partial charge in [0.25, 0.3) is 0 Å². The van der Waals surface area contributed by atoms with E-state index >= 15 is 0 Å². The Morgan fingerprint density at radius 2 is 2.06 bits per heavy atom. The quantitative estimate of drug-likeness (QED) is 0.613. The SMILES string of the molecule is CCOc1cccc(OCc2nnc(NN)s2)c1. The molecule has 1 aromatic carbocycles. The van der Waals surface area contributed by atoms with Crippen molar-refractivity contribution in [2.45, 2.75) is 13.5 Å². The molecule has 0 atom stereocenters. The number of nitrogens with one attached hydrogen (secondary N) is 1. The minimum absolute atomic E-state index is 0.356. The van der Waals surface area contributed by atoms with Crippen LogP contribution in [0.25, 0.3) is 0 Å². The molecule has 1 aromatic heterocycles. The number of nitrogens with two attached hydrogens (primary N) is 1. The van der Waals surface area contributed by atoms with E-state index in [4.69, 9.17) is 15.3 Å². The van der Waals surface area contributed by atoms with Crippen molar-refractivity contribution < 1.29 is 9.47 Å². The molecular weight excluding hydrogens is 252 g/mol. The van der Waals surface area contributed by atoms with Gasteiger partial charge in [-0.2, -0.15) is 0 Å². The summed E-state index contributed by atoms with van der Waals surface area (Å²) < 4.78 is 11.0. The molecule has 0 saturated heterocycles. The Morgan fingerprint density at radius 1 is 1.28 bits per heavy atom. The number of ether oxygens (including phenoxy) is 2. The summed E-state index contributed by atoms with van der Waals surface area (Å²) in [7, 11) is 0. The molecule has 0 aliphatic heterocycles. The molecule has 18 heavy (non-hydrogen) atoms. The van der Waals surface area contributed by atoms with Gasteiger partial charge in [0.15, 0.2) is 5.01 Å². The largest absolute Gasteiger partial charge is 0.494 e. The second-order valence-corrected chi connectivity index (χ2v) is 4.40. The van der Waals surface area contributed by atoms with Gasteiger partial charge in [0.05, 0.1) is 6.61 Å². The van der Waals surface area contributed by atoms with Crippen LogP contribution in [0.15, 0.2) is 24.3 Å². The molecule has 0 fully saturated rings. The molecule has 6 nitrogen and oxygen atoms in total. The van der Waals surface area contributed by atoms with Gasteiger partial charge in [0.1, 0.15) is 18.1 Å². The predicted octanol–water partition coefficient (Wildman–Crippen LogP) is 1.80. The zero-order chi connectivity index (χ0) is 12.8. The highest BCUT2D eigenvalue weighted by Gasteiger charge is 2.04. The maximum atomic E-state index is 5.60. The number of nitrogen functional groups attached to an aromatic ring is 1. The summed E-state index contributed by atoms with van der Waals surface area (Å²) in [4.78, 5) is 0. The monoisotopic (exact) mass is 266 g/mol. The molecule has 96 valence electrons. The number of benzene rings is 1. The Balaban J connectivity index is 1.94. The van der Waals surface area contributed by atoms with Crippen LogP contribution in [-0.2, 0) is 6.61 Å². The topological polar surface area (TPSA) is 82.3 Å². The highest BCUT2D eigenvalue weighted by molar-refractivity contribution is 7.15. The van der Waals surface area contributed by atoms with E-state index in [1.807, 2.05) is 31.2 Å². The fourth-order valence-corrected chi connectivity index (χ4v) is 1.90. The van der Waals surface area contributed by atoms with E-state index in [9.17, 15) is 0 Å². The first-order valence-corrected chi connectivity index (χ1v) is 6.28. The van der Waals surface area contributed by atoms with E-state index in [0.717, 1.165) is 16.5 Å². The number of hydrazine groups is 1. The summed E-state index contributed by atoms with van der Waals surface area (Å²) >= 11 is 1.35. The summed E-state index contributed by atoms with van der Waals surface area (Å²) in [6.45, 7) is 2.93. The Kier molecular flexibility index (Phi) is 4.32. The smallest absolute Gasteiger partial charge is 0.219 e. The Labute approximate surface area is 109 Å². The molecular formula is C11H14N4O2S. The van der Waals surface area contributed by atoms with Crippen LogP contribution in [0.4, 0.5) is 5.13 Å². The lowest BCUT2D eigenvalue weighted by molar-refractivity contribution is 0.298. The van der Waals surface area contributed by atoms with Crippen molar-refractivity contribution in [2.24, 2.45) is 5.84 Å². The van der Waals surface area contributed by atoms with Crippen LogP contribution in [0.1, 0.15) is 11.9 Å². The molecule has 7 heteroatoms. The van der Waals surface area contributed by atoms with Crippen molar-refractivity contribution >= 4 is 16.5 Å². The zero-order valence-electron chi connectivity index (χ0n) is 9.92. The molecule has 0 aliphatic carbocycles. The van der Waals surface area contributed by atoms with Gasteiger partial charge in [-0.3, -0.25) is 5.43 Å². The second-order valence-electron chi connectivity index (χ2n) is 3.34. The van der Waals surface area contributed by atoms with Gasteiger partial charge in [0, 0.05) is 6.07 Å². The van der Waals surface area contributed by atoms with Crippen molar-refractivity contribution in [1.82, 2.24) is 10.2 Å². The average Bonchev–Trinajstić information content (AvgIpc) is 2.85. The summed E-state index contributed by atoms with van der Waals surface area (Å²) in [5.41, 5.74) is 2.44.